The Bertz CT molecular complexity index is 509. The summed E-state index contributed by atoms with van der Waals surface area (Å²) < 4.78 is 1.79. The molecule has 0 bridgehead atoms. The number of aromatic nitrogens is 1. The lowest BCUT2D eigenvalue weighted by atomic mass is 10.2. The predicted octanol–water partition coefficient (Wildman–Crippen LogP) is -1.23. The fourth-order valence-corrected chi connectivity index (χ4v) is 1.41. The molecule has 2 rings (SSSR count). The minimum atomic E-state index is 0. The van der Waals surface area contributed by atoms with Gasteiger partial charge in [-0.05, 0) is 23.8 Å². The molecule has 0 aliphatic heterocycles. The highest BCUT2D eigenvalue weighted by Gasteiger charge is 2.03. The van der Waals surface area contributed by atoms with Crippen LogP contribution in [0.4, 0.5) is 11.5 Å². The molecule has 1 heterocycles. The van der Waals surface area contributed by atoms with Gasteiger partial charge in [-0.25, -0.2) is 4.57 Å². The fourth-order valence-electron chi connectivity index (χ4n) is 1.41. The molecule has 17 heavy (non-hydrogen) atoms. The standard InChI is InChI=1S/C13H13N3.HI/c14-12-7-4-9-16(13(12)15)10-8-11-5-2-1-3-6-11;/h1-10,15H,14H2;1H. The van der Waals surface area contributed by atoms with Gasteiger partial charge in [-0.2, -0.15) is 0 Å². The highest BCUT2D eigenvalue weighted by atomic mass is 127. The lowest BCUT2D eigenvalue weighted by Crippen LogP contribution is -3.00. The molecule has 0 fully saturated rings. The van der Waals surface area contributed by atoms with Crippen LogP contribution in [-0.2, 0) is 0 Å². The van der Waals surface area contributed by atoms with Gasteiger partial charge in [0.15, 0.2) is 0 Å². The topological polar surface area (TPSA) is 55.9 Å². The van der Waals surface area contributed by atoms with Crippen molar-refractivity contribution in [1.82, 2.24) is 0 Å². The molecule has 2 aromatic rings. The Hall–Kier alpha value is -1.56. The Morgan fingerprint density at radius 1 is 0.941 bits per heavy atom. The quantitative estimate of drug-likeness (QED) is 0.532. The first kappa shape index (κ1) is 13.5. The van der Waals surface area contributed by atoms with Crippen molar-refractivity contribution in [1.29, 1.82) is 0 Å². The molecule has 1 aromatic carbocycles. The minimum Gasteiger partial charge on any atom is -1.00 e. The predicted molar refractivity (Wildman–Crippen MR) is 67.1 cm³/mol. The van der Waals surface area contributed by atoms with Crippen molar-refractivity contribution in [2.45, 2.75) is 0 Å². The summed E-state index contributed by atoms with van der Waals surface area (Å²) in [5, 5.41) is 0. The van der Waals surface area contributed by atoms with Crippen LogP contribution >= 0.6 is 0 Å². The van der Waals surface area contributed by atoms with E-state index in [1.807, 2.05) is 54.9 Å². The van der Waals surface area contributed by atoms with Crippen LogP contribution in [0, 0.1) is 0 Å². The summed E-state index contributed by atoms with van der Waals surface area (Å²) in [6, 6.07) is 13.7. The molecule has 0 spiro atoms. The van der Waals surface area contributed by atoms with Crippen LogP contribution in [0.3, 0.4) is 0 Å². The maximum atomic E-state index is 5.83. The third-order valence-corrected chi connectivity index (χ3v) is 2.32. The Labute approximate surface area is 118 Å². The Kier molecular flexibility index (Phi) is 4.96. The number of nitrogens with two attached hydrogens (primary N) is 2. The lowest BCUT2D eigenvalue weighted by Gasteiger charge is -1.98. The van der Waals surface area contributed by atoms with Gasteiger partial charge < -0.3 is 29.7 Å². The number of hydrogen-bond donors (Lipinski definition) is 2. The molecule has 0 atom stereocenters. The first-order valence-electron chi connectivity index (χ1n) is 5.06. The van der Waals surface area contributed by atoms with Gasteiger partial charge in [0.2, 0.25) is 0 Å². The zero-order chi connectivity index (χ0) is 11.4. The summed E-state index contributed by atoms with van der Waals surface area (Å²) in [5.41, 5.74) is 13.2. The molecule has 1 aromatic heterocycles. The Morgan fingerprint density at radius 2 is 1.65 bits per heavy atom. The highest BCUT2D eigenvalue weighted by molar-refractivity contribution is 5.59. The van der Waals surface area contributed by atoms with Crippen molar-refractivity contribution < 1.29 is 28.5 Å². The zero-order valence-corrected chi connectivity index (χ0v) is 11.4. The zero-order valence-electron chi connectivity index (χ0n) is 9.25. The molecule has 0 saturated carbocycles. The van der Waals surface area contributed by atoms with E-state index in [0.717, 1.165) is 5.56 Å². The van der Waals surface area contributed by atoms with E-state index in [2.05, 4.69) is 0 Å². The van der Waals surface area contributed by atoms with Crippen LogP contribution in [0.15, 0.2) is 48.7 Å². The number of hydrogen-bond acceptors (Lipinski definition) is 2. The Balaban J connectivity index is 0.00000144. The van der Waals surface area contributed by atoms with Gasteiger partial charge in [0.25, 0.3) is 5.82 Å². The number of nitrogens with zero attached hydrogens (tertiary/aromatic N) is 1. The summed E-state index contributed by atoms with van der Waals surface area (Å²) >= 11 is 0. The van der Waals surface area contributed by atoms with Gasteiger partial charge >= 0.3 is 0 Å². The van der Waals surface area contributed by atoms with E-state index in [1.165, 1.54) is 0 Å². The molecule has 4 N–H and O–H groups in total. The maximum absolute atomic E-state index is 5.83. The largest absolute Gasteiger partial charge is 1.00 e. The molecular weight excluding hydrogens is 325 g/mol. The molecule has 3 nitrogen and oxygen atoms in total. The van der Waals surface area contributed by atoms with Crippen LogP contribution in [0.2, 0.25) is 0 Å². The van der Waals surface area contributed by atoms with Crippen molar-refractivity contribution >= 4 is 23.8 Å². The van der Waals surface area contributed by atoms with E-state index < -0.39 is 0 Å². The van der Waals surface area contributed by atoms with Crippen LogP contribution in [0.1, 0.15) is 5.56 Å². The van der Waals surface area contributed by atoms with E-state index in [-0.39, 0.29) is 24.0 Å². The molecule has 88 valence electrons. The van der Waals surface area contributed by atoms with Crippen molar-refractivity contribution in [2.75, 3.05) is 11.5 Å². The second kappa shape index (κ2) is 6.24. The van der Waals surface area contributed by atoms with Crippen molar-refractivity contribution in [3.05, 3.63) is 54.2 Å². The van der Waals surface area contributed by atoms with Gasteiger partial charge in [-0.3, -0.25) is 5.73 Å². The first-order valence-corrected chi connectivity index (χ1v) is 5.06. The molecule has 0 amide bonds. The summed E-state index contributed by atoms with van der Waals surface area (Å²) in [4.78, 5) is 0. The molecule has 4 heteroatoms. The molecule has 0 aliphatic rings. The maximum Gasteiger partial charge on any atom is 0.300 e. The van der Waals surface area contributed by atoms with E-state index in [1.54, 1.807) is 10.6 Å². The number of rotatable bonds is 2. The second-order valence-corrected chi connectivity index (χ2v) is 3.48. The molecule has 0 saturated heterocycles. The van der Waals surface area contributed by atoms with Gasteiger partial charge in [0, 0.05) is 0 Å². The Morgan fingerprint density at radius 3 is 2.35 bits per heavy atom. The molecular formula is C13H14IN3. The van der Waals surface area contributed by atoms with Gasteiger partial charge in [0.05, 0.1) is 12.4 Å². The second-order valence-electron chi connectivity index (χ2n) is 3.48. The fraction of sp³-hybridized carbons (Fsp3) is 0. The minimum absolute atomic E-state index is 0. The highest BCUT2D eigenvalue weighted by Crippen LogP contribution is 2.07. The summed E-state index contributed by atoms with van der Waals surface area (Å²) in [6.45, 7) is 0. The summed E-state index contributed by atoms with van der Waals surface area (Å²) in [7, 11) is 0. The first-order chi connectivity index (χ1) is 7.77. The van der Waals surface area contributed by atoms with E-state index in [0.29, 0.717) is 11.5 Å². The normalized spacial score (nSPS) is 10.1. The van der Waals surface area contributed by atoms with Crippen LogP contribution in [0.25, 0.3) is 12.3 Å². The number of nitrogen functional groups attached to an aromatic ring is 2. The van der Waals surface area contributed by atoms with Crippen LogP contribution in [-0.4, -0.2) is 0 Å². The average molecular weight is 339 g/mol. The van der Waals surface area contributed by atoms with E-state index in [9.17, 15) is 0 Å². The van der Waals surface area contributed by atoms with E-state index >= 15 is 0 Å². The van der Waals surface area contributed by atoms with Gasteiger partial charge in [0.1, 0.15) is 5.69 Å². The number of anilines is 2. The van der Waals surface area contributed by atoms with Crippen LogP contribution < -0.4 is 40.0 Å². The average Bonchev–Trinajstić information content (AvgIpc) is 2.32. The summed E-state index contributed by atoms with van der Waals surface area (Å²) in [5.74, 6) is 0.551. The summed E-state index contributed by atoms with van der Waals surface area (Å²) in [6.07, 6.45) is 5.74. The van der Waals surface area contributed by atoms with Crippen molar-refractivity contribution in [2.24, 2.45) is 0 Å². The number of halogens is 1. The molecule has 0 radical (unpaired) electrons. The van der Waals surface area contributed by atoms with Crippen LogP contribution in [0.5, 0.6) is 0 Å². The molecule has 0 unspecified atom stereocenters. The number of pyridine rings is 1. The third kappa shape index (κ3) is 3.45. The SMILES string of the molecule is Nc1ccc[n+](C=Cc2ccccc2)c1N.[I-]. The molecule has 0 aliphatic carbocycles. The lowest BCUT2D eigenvalue weighted by molar-refractivity contribution is -0.550. The van der Waals surface area contributed by atoms with Crippen molar-refractivity contribution in [3.63, 3.8) is 0 Å². The third-order valence-electron chi connectivity index (χ3n) is 2.32. The van der Waals surface area contributed by atoms with Gasteiger partial charge in [-0.1, -0.05) is 30.3 Å². The smallest absolute Gasteiger partial charge is 0.300 e. The number of benzene rings is 1. The van der Waals surface area contributed by atoms with Gasteiger partial charge in [-0.15, -0.1) is 0 Å². The van der Waals surface area contributed by atoms with Crippen molar-refractivity contribution in [3.8, 4) is 0 Å². The van der Waals surface area contributed by atoms with E-state index in [4.69, 9.17) is 11.5 Å². The monoisotopic (exact) mass is 339 g/mol.